The van der Waals surface area contributed by atoms with Gasteiger partial charge in [0.2, 0.25) is 17.6 Å². The summed E-state index contributed by atoms with van der Waals surface area (Å²) in [5.41, 5.74) is -1.54. The number of halogens is 5. The molecule has 2 rings (SSSR count). The number of nitrogens with one attached hydrogen (secondary N) is 2. The Bertz CT molecular complexity index is 1100. The average Bonchev–Trinajstić information content (AvgIpc) is 2.91. The molecule has 0 spiro atoms. The highest BCUT2D eigenvalue weighted by Gasteiger charge is 2.31. The molecule has 3 amide bonds. The number of aliphatic carboxylic acids is 2. The molecule has 1 atom stereocenters. The van der Waals surface area contributed by atoms with E-state index in [1.165, 1.54) is 0 Å². The zero-order valence-corrected chi connectivity index (χ0v) is 21.4. The van der Waals surface area contributed by atoms with Crippen LogP contribution in [0.2, 0.25) is 0 Å². The van der Waals surface area contributed by atoms with Crippen LogP contribution in [0.3, 0.4) is 0 Å². The monoisotopic (exact) mass is 579 g/mol. The van der Waals surface area contributed by atoms with E-state index in [9.17, 15) is 45.9 Å². The van der Waals surface area contributed by atoms with Crippen LogP contribution in [0.15, 0.2) is 0 Å². The van der Waals surface area contributed by atoms with Crippen molar-refractivity contribution < 1.29 is 56.1 Å². The number of unbranched alkanes of at least 4 members (excludes halogenated alkanes) is 4. The zero-order chi connectivity index (χ0) is 30.0. The molecule has 1 fully saturated rings. The van der Waals surface area contributed by atoms with Gasteiger partial charge in [-0.2, -0.15) is 0 Å². The molecule has 0 unspecified atom stereocenters. The second kappa shape index (κ2) is 15.1. The lowest BCUT2D eigenvalue weighted by Crippen LogP contribution is -2.48. The van der Waals surface area contributed by atoms with E-state index in [1.807, 2.05) is 0 Å². The van der Waals surface area contributed by atoms with Crippen LogP contribution in [0.5, 0.6) is 0 Å². The molecule has 1 aliphatic heterocycles. The Labute approximate surface area is 225 Å². The molecule has 1 heterocycles. The molecule has 4 N–H and O–H groups in total. The Balaban J connectivity index is 1.62. The Morgan fingerprint density at radius 1 is 0.800 bits per heavy atom. The first-order valence-corrected chi connectivity index (χ1v) is 12.7. The van der Waals surface area contributed by atoms with Gasteiger partial charge in [0.1, 0.15) is 11.6 Å². The Kier molecular flexibility index (Phi) is 12.3. The second-order valence-corrected chi connectivity index (χ2v) is 9.37. The van der Waals surface area contributed by atoms with Gasteiger partial charge < -0.3 is 25.7 Å². The number of hydrogen-bond donors (Lipinski definition) is 4. The summed E-state index contributed by atoms with van der Waals surface area (Å²) in [7, 11) is 0. The van der Waals surface area contributed by atoms with Crippen molar-refractivity contribution >= 4 is 29.7 Å². The number of carbonyl (C=O) groups is 5. The van der Waals surface area contributed by atoms with E-state index in [0.717, 1.165) is 0 Å². The van der Waals surface area contributed by atoms with E-state index >= 15 is 0 Å². The molecule has 1 aliphatic rings. The maximum absolute atomic E-state index is 13.7. The van der Waals surface area contributed by atoms with Crippen molar-refractivity contribution in [1.29, 1.82) is 0 Å². The van der Waals surface area contributed by atoms with Crippen LogP contribution in [0, 0.1) is 35.0 Å². The highest BCUT2D eigenvalue weighted by Crippen LogP contribution is 2.23. The number of nitrogens with zero attached hydrogens (tertiary/aromatic N) is 1. The van der Waals surface area contributed by atoms with Crippen molar-refractivity contribution in [3.63, 3.8) is 0 Å². The van der Waals surface area contributed by atoms with Crippen molar-refractivity contribution in [2.45, 2.75) is 63.8 Å². The summed E-state index contributed by atoms with van der Waals surface area (Å²) >= 11 is 0. The maximum Gasteiger partial charge on any atom is 0.326 e. The fourth-order valence-electron chi connectivity index (χ4n) is 4.24. The number of amides is 3. The SMILES string of the molecule is O=C(O)C[C@H](NC(=O)C1CCN(C(=O)CCCCCCCNC(=O)c2c(F)c(F)c(F)c(F)c2F)CC1)C(=O)O. The first-order valence-electron chi connectivity index (χ1n) is 12.7. The summed E-state index contributed by atoms with van der Waals surface area (Å²) in [6.45, 7) is 0.552. The van der Waals surface area contributed by atoms with Gasteiger partial charge in [-0.15, -0.1) is 0 Å². The molecule has 10 nitrogen and oxygen atoms in total. The maximum atomic E-state index is 13.7. The number of carboxylic acids is 2. The third-order valence-electron chi connectivity index (χ3n) is 6.50. The third kappa shape index (κ3) is 8.88. The Morgan fingerprint density at radius 3 is 1.88 bits per heavy atom. The fraction of sp³-hybridized carbons (Fsp3) is 0.560. The van der Waals surface area contributed by atoms with Crippen molar-refractivity contribution in [3.05, 3.63) is 34.6 Å². The van der Waals surface area contributed by atoms with Gasteiger partial charge in [-0.1, -0.05) is 19.3 Å². The van der Waals surface area contributed by atoms with E-state index in [2.05, 4.69) is 10.6 Å². The predicted octanol–water partition coefficient (Wildman–Crippen LogP) is 2.74. The lowest BCUT2D eigenvalue weighted by Gasteiger charge is -2.32. The lowest BCUT2D eigenvalue weighted by molar-refractivity contribution is -0.148. The molecule has 40 heavy (non-hydrogen) atoms. The molecule has 1 aromatic rings. The molecule has 0 radical (unpaired) electrons. The number of rotatable bonds is 14. The minimum absolute atomic E-state index is 0.0523. The predicted molar refractivity (Wildman–Crippen MR) is 127 cm³/mol. The second-order valence-electron chi connectivity index (χ2n) is 9.37. The highest BCUT2D eigenvalue weighted by atomic mass is 19.2. The van der Waals surface area contributed by atoms with Crippen LogP contribution in [0.1, 0.15) is 68.1 Å². The minimum Gasteiger partial charge on any atom is -0.481 e. The van der Waals surface area contributed by atoms with Crippen molar-refractivity contribution in [1.82, 2.24) is 15.5 Å². The highest BCUT2D eigenvalue weighted by molar-refractivity contribution is 5.94. The van der Waals surface area contributed by atoms with Crippen LogP contribution in [-0.2, 0) is 19.2 Å². The summed E-state index contributed by atoms with van der Waals surface area (Å²) in [5, 5.41) is 22.2. The topological polar surface area (TPSA) is 153 Å². The van der Waals surface area contributed by atoms with Gasteiger partial charge in [0.05, 0.1) is 6.42 Å². The summed E-state index contributed by atoms with van der Waals surface area (Å²) in [4.78, 5) is 60.1. The molecule has 1 aromatic carbocycles. The summed E-state index contributed by atoms with van der Waals surface area (Å²) in [6.07, 6.45) is 2.97. The van der Waals surface area contributed by atoms with Crippen LogP contribution in [-0.4, -0.2) is 70.4 Å². The zero-order valence-electron chi connectivity index (χ0n) is 21.4. The normalized spacial score (nSPS) is 14.5. The molecule has 0 aliphatic carbocycles. The number of piperidine rings is 1. The smallest absolute Gasteiger partial charge is 0.326 e. The van der Waals surface area contributed by atoms with Gasteiger partial charge in [0, 0.05) is 32.0 Å². The molecule has 1 saturated heterocycles. The van der Waals surface area contributed by atoms with Gasteiger partial charge in [-0.25, -0.2) is 26.7 Å². The standard InChI is InChI=1S/C25H30F5N3O7/c26-18-17(19(27)21(29)22(30)20(18)28)24(38)31-9-5-3-1-2-4-6-15(34)33-10-7-13(8-11-33)23(37)32-14(25(39)40)12-16(35)36/h13-14H,1-12H2,(H,31,38)(H,32,37)(H,35,36)(H,39,40)/t14-/m0/s1. The largest absolute Gasteiger partial charge is 0.481 e. The quantitative estimate of drug-likeness (QED) is 0.114. The summed E-state index contributed by atoms with van der Waals surface area (Å²) in [6, 6.07) is -1.53. The van der Waals surface area contributed by atoms with Crippen molar-refractivity contribution in [3.8, 4) is 0 Å². The van der Waals surface area contributed by atoms with E-state index in [0.29, 0.717) is 58.0 Å². The fourth-order valence-corrected chi connectivity index (χ4v) is 4.24. The number of hydrogen-bond acceptors (Lipinski definition) is 5. The van der Waals surface area contributed by atoms with Crippen LogP contribution in [0.4, 0.5) is 22.0 Å². The molecular formula is C25H30F5N3O7. The van der Waals surface area contributed by atoms with Gasteiger partial charge in [-0.05, 0) is 25.7 Å². The van der Waals surface area contributed by atoms with E-state index in [-0.39, 0.29) is 18.9 Å². The first-order chi connectivity index (χ1) is 18.8. The summed E-state index contributed by atoms with van der Waals surface area (Å²) in [5.74, 6) is -16.6. The minimum atomic E-state index is -2.34. The molecule has 15 heteroatoms. The van der Waals surface area contributed by atoms with E-state index in [4.69, 9.17) is 10.2 Å². The van der Waals surface area contributed by atoms with E-state index in [1.54, 1.807) is 4.90 Å². The lowest BCUT2D eigenvalue weighted by atomic mass is 9.95. The van der Waals surface area contributed by atoms with Crippen LogP contribution < -0.4 is 10.6 Å². The molecule has 0 aromatic heterocycles. The number of likely N-dealkylation sites (tertiary alicyclic amines) is 1. The van der Waals surface area contributed by atoms with E-state index < -0.39 is 76.8 Å². The van der Waals surface area contributed by atoms with Gasteiger partial charge in [0.15, 0.2) is 23.3 Å². The van der Waals surface area contributed by atoms with Crippen molar-refractivity contribution in [2.24, 2.45) is 5.92 Å². The molecule has 0 saturated carbocycles. The van der Waals surface area contributed by atoms with Gasteiger partial charge in [0.25, 0.3) is 5.91 Å². The third-order valence-corrected chi connectivity index (χ3v) is 6.50. The van der Waals surface area contributed by atoms with Gasteiger partial charge in [-0.3, -0.25) is 19.2 Å². The number of benzene rings is 1. The van der Waals surface area contributed by atoms with Gasteiger partial charge >= 0.3 is 11.9 Å². The van der Waals surface area contributed by atoms with Crippen molar-refractivity contribution in [2.75, 3.05) is 19.6 Å². The Morgan fingerprint density at radius 2 is 1.32 bits per heavy atom. The first kappa shape index (κ1) is 32.4. The number of carbonyl (C=O) groups excluding carboxylic acids is 3. The summed E-state index contributed by atoms with van der Waals surface area (Å²) < 4.78 is 66.9. The Hall–Kier alpha value is -3.78. The molecular weight excluding hydrogens is 549 g/mol. The molecule has 0 bridgehead atoms. The number of carboxylic acid groups (broad SMARTS) is 2. The molecule has 222 valence electrons. The van der Waals surface area contributed by atoms with Crippen LogP contribution >= 0.6 is 0 Å². The van der Waals surface area contributed by atoms with Crippen LogP contribution in [0.25, 0.3) is 0 Å². The average molecular weight is 580 g/mol.